The summed E-state index contributed by atoms with van der Waals surface area (Å²) in [5, 5.41) is 0. The van der Waals surface area contributed by atoms with Crippen molar-refractivity contribution < 1.29 is 8.68 Å². The number of rotatable bonds is 5. The molecule has 0 atom stereocenters. The molecule has 0 radical (unpaired) electrons. The number of nitrogens with zero attached hydrogens (tertiary/aromatic N) is 1. The number of halogens is 2. The van der Waals surface area contributed by atoms with E-state index >= 15 is 0 Å². The Labute approximate surface area is 113 Å². The van der Waals surface area contributed by atoms with Gasteiger partial charge in [-0.15, -0.1) is 0 Å². The molecule has 100 valence electrons. The van der Waals surface area contributed by atoms with Crippen molar-refractivity contribution in [3.8, 4) is 0 Å². The molecule has 0 amide bonds. The monoisotopic (exact) mass is 271 g/mol. The van der Waals surface area contributed by atoms with Gasteiger partial charge in [0.15, 0.2) is 0 Å². The second kappa shape index (κ2) is 7.07. The number of hydrogen-bond donors (Lipinski definition) is 0. The van der Waals surface area contributed by atoms with Gasteiger partial charge in [-0.1, -0.05) is 24.3 Å². The summed E-state index contributed by atoms with van der Waals surface area (Å²) in [6.07, 6.45) is 2.27. The Morgan fingerprint density at radius 3 is 2.33 bits per heavy atom. The molecule has 0 unspecified atom stereocenters. The minimum absolute atomic E-state index is 0.385. The van der Waals surface area contributed by atoms with E-state index in [9.17, 15) is 4.39 Å². The van der Waals surface area contributed by atoms with Gasteiger partial charge >= 0.3 is 0 Å². The molecule has 0 aliphatic carbocycles. The van der Waals surface area contributed by atoms with Gasteiger partial charge < -0.3 is 0 Å². The van der Waals surface area contributed by atoms with Crippen molar-refractivity contribution in [1.82, 2.24) is 4.90 Å². The van der Waals surface area contributed by atoms with E-state index in [1.807, 2.05) is 24.3 Å². The van der Waals surface area contributed by atoms with Crippen LogP contribution in [-0.2, 0) is 17.5 Å². The maximum atomic E-state index is 12.4. The van der Waals surface area contributed by atoms with Crippen LogP contribution in [0, 0.1) is 5.92 Å². The SMILES string of the molecule is FCc1ccc(CN2CCC(COCl)CC2)cc1. The summed E-state index contributed by atoms with van der Waals surface area (Å²) in [5.74, 6) is 0.590. The molecule has 0 spiro atoms. The van der Waals surface area contributed by atoms with E-state index in [4.69, 9.17) is 11.9 Å². The van der Waals surface area contributed by atoms with E-state index in [1.165, 1.54) is 5.56 Å². The summed E-state index contributed by atoms with van der Waals surface area (Å²) in [5.41, 5.74) is 2.00. The van der Waals surface area contributed by atoms with Gasteiger partial charge in [0.1, 0.15) is 6.67 Å². The van der Waals surface area contributed by atoms with Crippen LogP contribution in [0.5, 0.6) is 0 Å². The minimum atomic E-state index is -0.385. The van der Waals surface area contributed by atoms with Gasteiger partial charge in [-0.05, 0) is 43.0 Å². The van der Waals surface area contributed by atoms with Crippen molar-refractivity contribution in [2.75, 3.05) is 19.7 Å². The van der Waals surface area contributed by atoms with Crippen LogP contribution in [0.15, 0.2) is 24.3 Å². The summed E-state index contributed by atoms with van der Waals surface area (Å²) in [6, 6.07) is 7.76. The summed E-state index contributed by atoms with van der Waals surface area (Å²) >= 11 is 5.29. The third-order valence-electron chi connectivity index (χ3n) is 3.59. The number of benzene rings is 1. The van der Waals surface area contributed by atoms with Crippen LogP contribution in [0.4, 0.5) is 4.39 Å². The lowest BCUT2D eigenvalue weighted by molar-refractivity contribution is 0.141. The van der Waals surface area contributed by atoms with E-state index in [-0.39, 0.29) is 6.67 Å². The summed E-state index contributed by atoms with van der Waals surface area (Å²) in [4.78, 5) is 2.43. The Morgan fingerprint density at radius 1 is 1.17 bits per heavy atom. The largest absolute Gasteiger partial charge is 0.299 e. The quantitative estimate of drug-likeness (QED) is 0.812. The van der Waals surface area contributed by atoms with Gasteiger partial charge in [-0.2, -0.15) is 0 Å². The van der Waals surface area contributed by atoms with Gasteiger partial charge in [0.05, 0.1) is 18.5 Å². The molecular formula is C14H19ClFNO. The van der Waals surface area contributed by atoms with Gasteiger partial charge in [0.25, 0.3) is 0 Å². The standard InChI is InChI=1S/C14H19ClFNO/c15-18-11-14-5-7-17(8-6-14)10-13-3-1-12(9-16)2-4-13/h1-4,14H,5-11H2. The predicted octanol–water partition coefficient (Wildman–Crippen LogP) is 3.54. The maximum Gasteiger partial charge on any atom is 0.115 e. The first-order chi connectivity index (χ1) is 8.81. The molecule has 2 nitrogen and oxygen atoms in total. The molecule has 1 aliphatic rings. The van der Waals surface area contributed by atoms with Crippen molar-refractivity contribution in [2.45, 2.75) is 26.1 Å². The highest BCUT2D eigenvalue weighted by Gasteiger charge is 2.19. The lowest BCUT2D eigenvalue weighted by Crippen LogP contribution is -2.34. The molecule has 1 saturated heterocycles. The molecule has 18 heavy (non-hydrogen) atoms. The third kappa shape index (κ3) is 3.94. The third-order valence-corrected chi connectivity index (χ3v) is 3.72. The Balaban J connectivity index is 1.80. The summed E-state index contributed by atoms with van der Waals surface area (Å²) in [6.45, 7) is 3.37. The maximum absolute atomic E-state index is 12.4. The summed E-state index contributed by atoms with van der Waals surface area (Å²) < 4.78 is 17.1. The first-order valence-corrected chi connectivity index (χ1v) is 6.72. The Morgan fingerprint density at radius 2 is 1.78 bits per heavy atom. The molecule has 1 heterocycles. The van der Waals surface area contributed by atoms with E-state index in [2.05, 4.69) is 9.19 Å². The highest BCUT2D eigenvalue weighted by molar-refractivity contribution is 6.07. The Kier molecular flexibility index (Phi) is 5.42. The second-order valence-corrected chi connectivity index (χ2v) is 5.16. The zero-order chi connectivity index (χ0) is 12.8. The fourth-order valence-corrected chi connectivity index (χ4v) is 2.57. The van der Waals surface area contributed by atoms with E-state index in [0.717, 1.165) is 38.0 Å². The van der Waals surface area contributed by atoms with Crippen LogP contribution >= 0.6 is 11.9 Å². The van der Waals surface area contributed by atoms with E-state index in [1.54, 1.807) is 0 Å². The lowest BCUT2D eigenvalue weighted by atomic mass is 9.97. The van der Waals surface area contributed by atoms with Crippen molar-refractivity contribution in [2.24, 2.45) is 5.92 Å². The second-order valence-electron chi connectivity index (χ2n) is 4.95. The van der Waals surface area contributed by atoms with Gasteiger partial charge in [0, 0.05) is 6.54 Å². The zero-order valence-corrected chi connectivity index (χ0v) is 11.2. The zero-order valence-electron chi connectivity index (χ0n) is 10.4. The van der Waals surface area contributed by atoms with Crippen LogP contribution < -0.4 is 0 Å². The highest BCUT2D eigenvalue weighted by Crippen LogP contribution is 2.19. The number of piperidine rings is 1. The molecule has 2 rings (SSSR count). The van der Waals surface area contributed by atoms with E-state index in [0.29, 0.717) is 12.5 Å². The van der Waals surface area contributed by atoms with Crippen molar-refractivity contribution in [3.63, 3.8) is 0 Å². The molecule has 0 bridgehead atoms. The first-order valence-electron chi connectivity index (χ1n) is 6.41. The average Bonchev–Trinajstić information content (AvgIpc) is 2.42. The van der Waals surface area contributed by atoms with Gasteiger partial charge in [-0.3, -0.25) is 9.19 Å². The molecule has 0 saturated carbocycles. The average molecular weight is 272 g/mol. The molecule has 0 aromatic heterocycles. The van der Waals surface area contributed by atoms with Crippen molar-refractivity contribution >= 4 is 11.9 Å². The van der Waals surface area contributed by atoms with Gasteiger partial charge in [-0.25, -0.2) is 4.39 Å². The van der Waals surface area contributed by atoms with Crippen LogP contribution in [0.2, 0.25) is 0 Å². The molecular weight excluding hydrogens is 253 g/mol. The van der Waals surface area contributed by atoms with Crippen LogP contribution in [-0.4, -0.2) is 24.6 Å². The molecule has 1 aromatic carbocycles. The fourth-order valence-electron chi connectivity index (χ4n) is 2.39. The highest BCUT2D eigenvalue weighted by atomic mass is 35.5. The molecule has 1 aromatic rings. The molecule has 1 aliphatic heterocycles. The lowest BCUT2D eigenvalue weighted by Gasteiger charge is -2.31. The minimum Gasteiger partial charge on any atom is -0.299 e. The number of likely N-dealkylation sites (tertiary alicyclic amines) is 1. The molecule has 0 N–H and O–H groups in total. The summed E-state index contributed by atoms with van der Waals surface area (Å²) in [7, 11) is 0. The van der Waals surface area contributed by atoms with Crippen LogP contribution in [0.25, 0.3) is 0 Å². The molecule has 4 heteroatoms. The predicted molar refractivity (Wildman–Crippen MR) is 71.1 cm³/mol. The topological polar surface area (TPSA) is 12.5 Å². The Bertz CT molecular complexity index is 349. The smallest absolute Gasteiger partial charge is 0.115 e. The molecule has 1 fully saturated rings. The van der Waals surface area contributed by atoms with Crippen LogP contribution in [0.3, 0.4) is 0 Å². The van der Waals surface area contributed by atoms with Crippen molar-refractivity contribution in [1.29, 1.82) is 0 Å². The number of alkyl halides is 1. The number of hydrogen-bond acceptors (Lipinski definition) is 2. The fraction of sp³-hybridized carbons (Fsp3) is 0.571. The first kappa shape index (κ1) is 13.8. The normalized spacial score (nSPS) is 18.1. The van der Waals surface area contributed by atoms with Crippen molar-refractivity contribution in [3.05, 3.63) is 35.4 Å². The Hall–Kier alpha value is -0.640. The van der Waals surface area contributed by atoms with Crippen LogP contribution in [0.1, 0.15) is 24.0 Å². The van der Waals surface area contributed by atoms with E-state index < -0.39 is 0 Å². The van der Waals surface area contributed by atoms with Gasteiger partial charge in [0.2, 0.25) is 0 Å².